The number of alkyl halides is 3. The molecule has 2 rings (SSSR count). The van der Waals surface area contributed by atoms with Crippen LogP contribution in [0.1, 0.15) is 17.0 Å². The molecule has 0 radical (unpaired) electrons. The van der Waals surface area contributed by atoms with Gasteiger partial charge in [0.1, 0.15) is 5.69 Å². The predicted octanol–water partition coefficient (Wildman–Crippen LogP) is 3.12. The molecule has 0 atom stereocenters. The number of aryl methyl sites for hydroxylation is 1. The van der Waals surface area contributed by atoms with Crippen LogP contribution in [0, 0.1) is 6.92 Å². The van der Waals surface area contributed by atoms with Crippen LogP contribution in [0.5, 0.6) is 0 Å². The molecule has 0 saturated carbocycles. The Labute approximate surface area is 120 Å². The molecule has 0 saturated heterocycles. The average molecular weight is 307 g/mol. The average Bonchev–Trinajstić information content (AvgIpc) is 2.78. The maximum absolute atomic E-state index is 12.5. The molecule has 2 heterocycles. The molecule has 0 aliphatic rings. The van der Waals surface area contributed by atoms with Gasteiger partial charge < -0.3 is 5.32 Å². The fraction of sp³-hybridized carbons (Fsp3) is 0.333. The second kappa shape index (κ2) is 6.13. The van der Waals surface area contributed by atoms with Crippen LogP contribution in [0.3, 0.4) is 0 Å². The van der Waals surface area contributed by atoms with E-state index in [1.807, 2.05) is 0 Å². The van der Waals surface area contributed by atoms with E-state index in [9.17, 15) is 13.2 Å². The minimum Gasteiger partial charge on any atom is -0.386 e. The first-order valence-electron chi connectivity index (χ1n) is 5.64. The van der Waals surface area contributed by atoms with Crippen LogP contribution in [0.2, 0.25) is 0 Å². The molecule has 0 fully saturated rings. The third-order valence-electron chi connectivity index (χ3n) is 2.74. The topological polar surface area (TPSA) is 42.7 Å². The van der Waals surface area contributed by atoms with Crippen LogP contribution in [-0.2, 0) is 12.7 Å². The fourth-order valence-corrected chi connectivity index (χ4v) is 1.67. The number of nitrogens with one attached hydrogen (secondary N) is 1. The summed E-state index contributed by atoms with van der Waals surface area (Å²) in [5, 5.41) is 7.03. The monoisotopic (exact) mass is 306 g/mol. The molecule has 1 N–H and O–H groups in total. The highest BCUT2D eigenvalue weighted by Crippen LogP contribution is 2.28. The first-order chi connectivity index (χ1) is 8.90. The molecule has 0 spiro atoms. The summed E-state index contributed by atoms with van der Waals surface area (Å²) in [4.78, 5) is 3.59. The van der Waals surface area contributed by atoms with E-state index < -0.39 is 11.9 Å². The van der Waals surface area contributed by atoms with Gasteiger partial charge in [-0.3, -0.25) is 4.68 Å². The minimum absolute atomic E-state index is 0. The number of hydrogen-bond donors (Lipinski definition) is 1. The van der Waals surface area contributed by atoms with Gasteiger partial charge in [-0.05, 0) is 18.6 Å². The van der Waals surface area contributed by atoms with Crippen molar-refractivity contribution < 1.29 is 13.2 Å². The van der Waals surface area contributed by atoms with Crippen molar-refractivity contribution in [3.63, 3.8) is 0 Å². The Bertz CT molecular complexity index is 580. The van der Waals surface area contributed by atoms with E-state index in [0.29, 0.717) is 17.8 Å². The molecule has 0 amide bonds. The maximum atomic E-state index is 12.5. The largest absolute Gasteiger partial charge is 0.433 e. The summed E-state index contributed by atoms with van der Waals surface area (Å²) in [5.41, 5.74) is 1.04. The van der Waals surface area contributed by atoms with Gasteiger partial charge in [0.15, 0.2) is 0 Å². The van der Waals surface area contributed by atoms with E-state index in [2.05, 4.69) is 15.4 Å². The normalized spacial score (nSPS) is 11.1. The molecule has 20 heavy (non-hydrogen) atoms. The van der Waals surface area contributed by atoms with Gasteiger partial charge in [0.05, 0.1) is 18.4 Å². The maximum Gasteiger partial charge on any atom is 0.433 e. The molecular weight excluding hydrogens is 293 g/mol. The molecule has 8 heteroatoms. The van der Waals surface area contributed by atoms with Gasteiger partial charge in [-0.15, -0.1) is 12.4 Å². The zero-order valence-electron chi connectivity index (χ0n) is 10.9. The first kappa shape index (κ1) is 16.3. The summed E-state index contributed by atoms with van der Waals surface area (Å²) >= 11 is 0. The highest BCUT2D eigenvalue weighted by atomic mass is 35.5. The van der Waals surface area contributed by atoms with Crippen molar-refractivity contribution >= 4 is 18.1 Å². The van der Waals surface area contributed by atoms with Gasteiger partial charge >= 0.3 is 6.18 Å². The molecular formula is C12H14ClF3N4. The Morgan fingerprint density at radius 3 is 2.50 bits per heavy atom. The highest BCUT2D eigenvalue weighted by Gasteiger charge is 2.32. The minimum atomic E-state index is -4.41. The summed E-state index contributed by atoms with van der Waals surface area (Å²) in [7, 11) is 1.77. The SMILES string of the molecule is CNc1cnn(Cc2ccc(C(F)(F)F)nc2C)c1.Cl. The van der Waals surface area contributed by atoms with Gasteiger partial charge in [-0.2, -0.15) is 18.3 Å². The molecule has 2 aromatic heterocycles. The van der Waals surface area contributed by atoms with Crippen molar-refractivity contribution in [3.05, 3.63) is 41.5 Å². The molecule has 0 unspecified atom stereocenters. The van der Waals surface area contributed by atoms with Crippen LogP contribution in [0.15, 0.2) is 24.5 Å². The van der Waals surface area contributed by atoms with Gasteiger partial charge in [0.25, 0.3) is 0 Å². The lowest BCUT2D eigenvalue weighted by molar-refractivity contribution is -0.141. The summed E-state index contributed by atoms with van der Waals surface area (Å²) in [6.45, 7) is 1.95. The Hall–Kier alpha value is -1.76. The van der Waals surface area contributed by atoms with Crippen molar-refractivity contribution in [3.8, 4) is 0 Å². The molecule has 2 aromatic rings. The summed E-state index contributed by atoms with van der Waals surface area (Å²) in [6.07, 6.45) is -0.988. The van der Waals surface area contributed by atoms with Crippen LogP contribution in [0.25, 0.3) is 0 Å². The van der Waals surface area contributed by atoms with Crippen molar-refractivity contribution in [1.29, 1.82) is 0 Å². The van der Waals surface area contributed by atoms with Crippen molar-refractivity contribution in [2.45, 2.75) is 19.6 Å². The van der Waals surface area contributed by atoms with Crippen LogP contribution >= 0.6 is 12.4 Å². The van der Waals surface area contributed by atoms with E-state index in [1.54, 1.807) is 31.0 Å². The molecule has 0 aliphatic carbocycles. The second-order valence-corrected chi connectivity index (χ2v) is 4.12. The predicted molar refractivity (Wildman–Crippen MR) is 72.1 cm³/mol. The summed E-state index contributed by atoms with van der Waals surface area (Å²) < 4.78 is 39.1. The van der Waals surface area contributed by atoms with Gasteiger partial charge in [-0.25, -0.2) is 4.98 Å². The number of halogens is 4. The van der Waals surface area contributed by atoms with E-state index in [4.69, 9.17) is 0 Å². The van der Waals surface area contributed by atoms with Crippen molar-refractivity contribution in [1.82, 2.24) is 14.8 Å². The number of pyridine rings is 1. The number of rotatable bonds is 3. The van der Waals surface area contributed by atoms with Gasteiger partial charge in [0.2, 0.25) is 0 Å². The first-order valence-corrected chi connectivity index (χ1v) is 5.64. The Morgan fingerprint density at radius 1 is 1.30 bits per heavy atom. The summed E-state index contributed by atoms with van der Waals surface area (Å²) in [5.74, 6) is 0. The standard InChI is InChI=1S/C12H13F3N4.ClH/c1-8-9(3-4-11(18-8)12(13,14)15)6-19-7-10(16-2)5-17-19;/h3-5,7,16H,6H2,1-2H3;1H. The molecule has 0 aliphatic heterocycles. The lowest BCUT2D eigenvalue weighted by Gasteiger charge is -2.10. The molecule has 0 bridgehead atoms. The van der Waals surface area contributed by atoms with Crippen LogP contribution < -0.4 is 5.32 Å². The number of anilines is 1. The third kappa shape index (κ3) is 3.63. The zero-order valence-corrected chi connectivity index (χ0v) is 11.7. The molecule has 0 aromatic carbocycles. The van der Waals surface area contributed by atoms with Crippen LogP contribution in [0.4, 0.5) is 18.9 Å². The molecule has 4 nitrogen and oxygen atoms in total. The lowest BCUT2D eigenvalue weighted by atomic mass is 10.2. The lowest BCUT2D eigenvalue weighted by Crippen LogP contribution is -2.11. The number of nitrogens with zero attached hydrogens (tertiary/aromatic N) is 3. The number of hydrogen-bond acceptors (Lipinski definition) is 3. The van der Waals surface area contributed by atoms with Gasteiger partial charge in [0, 0.05) is 18.9 Å². The van der Waals surface area contributed by atoms with E-state index in [-0.39, 0.29) is 12.4 Å². The van der Waals surface area contributed by atoms with Crippen LogP contribution in [-0.4, -0.2) is 21.8 Å². The van der Waals surface area contributed by atoms with E-state index >= 15 is 0 Å². The Morgan fingerprint density at radius 2 is 2.00 bits per heavy atom. The second-order valence-electron chi connectivity index (χ2n) is 4.12. The molecule has 110 valence electrons. The van der Waals surface area contributed by atoms with Crippen molar-refractivity contribution in [2.24, 2.45) is 0 Å². The Kier molecular flexibility index (Phi) is 4.99. The Balaban J connectivity index is 0.00000200. The zero-order chi connectivity index (χ0) is 14.0. The highest BCUT2D eigenvalue weighted by molar-refractivity contribution is 5.85. The smallest absolute Gasteiger partial charge is 0.386 e. The van der Waals surface area contributed by atoms with E-state index in [0.717, 1.165) is 11.8 Å². The van der Waals surface area contributed by atoms with Crippen molar-refractivity contribution in [2.75, 3.05) is 12.4 Å². The van der Waals surface area contributed by atoms with Gasteiger partial charge in [-0.1, -0.05) is 6.07 Å². The quantitative estimate of drug-likeness (QED) is 0.947. The summed E-state index contributed by atoms with van der Waals surface area (Å²) in [6, 6.07) is 2.43. The van der Waals surface area contributed by atoms with E-state index in [1.165, 1.54) is 6.07 Å². The third-order valence-corrected chi connectivity index (χ3v) is 2.74. The fourth-order valence-electron chi connectivity index (χ4n) is 1.67. The number of aromatic nitrogens is 3.